The van der Waals surface area contributed by atoms with Gasteiger partial charge < -0.3 is 19.7 Å². The zero-order valence-electron chi connectivity index (χ0n) is 15.9. The van der Waals surface area contributed by atoms with Crippen molar-refractivity contribution in [1.82, 2.24) is 4.90 Å². The van der Waals surface area contributed by atoms with Gasteiger partial charge in [0.25, 0.3) is 5.91 Å². The summed E-state index contributed by atoms with van der Waals surface area (Å²) in [5.74, 6) is 1.19. The number of ether oxygens (including phenoxy) is 2. The van der Waals surface area contributed by atoms with Crippen LogP contribution in [-0.2, 0) is 4.79 Å². The third-order valence-electron chi connectivity index (χ3n) is 3.70. The Hall–Kier alpha value is -2.67. The molecular weight excluding hydrogens is 364 g/mol. The lowest BCUT2D eigenvalue weighted by Crippen LogP contribution is -2.23. The first-order valence-electron chi connectivity index (χ1n) is 8.50. The van der Waals surface area contributed by atoms with E-state index < -0.39 is 0 Å². The monoisotopic (exact) mass is 388 g/mol. The number of anilines is 1. The molecule has 0 aliphatic rings. The van der Waals surface area contributed by atoms with Crippen LogP contribution < -0.4 is 14.8 Å². The second-order valence-electron chi connectivity index (χ2n) is 5.83. The number of nitrogens with one attached hydrogen (secondary N) is 1. The molecule has 2 rings (SSSR count). The molecule has 144 valence electrons. The molecule has 0 bridgehead atoms. The fourth-order valence-electron chi connectivity index (χ4n) is 2.27. The van der Waals surface area contributed by atoms with E-state index in [0.29, 0.717) is 29.4 Å². The Morgan fingerprint density at radius 2 is 1.85 bits per heavy atom. The number of hydrogen-bond acceptors (Lipinski definition) is 5. The predicted octanol–water partition coefficient (Wildman–Crippen LogP) is 3.53. The van der Waals surface area contributed by atoms with E-state index in [2.05, 4.69) is 5.32 Å². The summed E-state index contributed by atoms with van der Waals surface area (Å²) < 4.78 is 10.8. The van der Waals surface area contributed by atoms with E-state index >= 15 is 0 Å². The number of benzene rings is 2. The molecule has 7 heteroatoms. The average molecular weight is 388 g/mol. The number of thioether (sulfide) groups is 1. The first-order valence-corrected chi connectivity index (χ1v) is 9.49. The Morgan fingerprint density at radius 3 is 2.52 bits per heavy atom. The van der Waals surface area contributed by atoms with Gasteiger partial charge in [-0.2, -0.15) is 0 Å². The molecule has 0 aromatic heterocycles. The van der Waals surface area contributed by atoms with Gasteiger partial charge in [0.15, 0.2) is 11.5 Å². The second kappa shape index (κ2) is 9.87. The zero-order chi connectivity index (χ0) is 19.8. The standard InChI is InChI=1S/C20H24N2O4S/c1-5-26-16-11-10-14(12-17(16)25-4)21-20(24)15-8-6-7-9-18(15)27-13-19(23)22(2)3/h6-12H,5,13H2,1-4H3,(H,21,24). The van der Waals surface area contributed by atoms with Crippen LogP contribution in [0.1, 0.15) is 17.3 Å². The van der Waals surface area contributed by atoms with Gasteiger partial charge in [0.1, 0.15) is 0 Å². The third-order valence-corrected chi connectivity index (χ3v) is 4.76. The molecular formula is C20H24N2O4S. The SMILES string of the molecule is CCOc1ccc(NC(=O)c2ccccc2SCC(=O)N(C)C)cc1OC. The maximum Gasteiger partial charge on any atom is 0.256 e. The maximum atomic E-state index is 12.7. The molecule has 27 heavy (non-hydrogen) atoms. The summed E-state index contributed by atoms with van der Waals surface area (Å²) in [6.07, 6.45) is 0. The fourth-order valence-corrected chi connectivity index (χ4v) is 3.30. The van der Waals surface area contributed by atoms with Gasteiger partial charge >= 0.3 is 0 Å². The number of hydrogen-bond donors (Lipinski definition) is 1. The van der Waals surface area contributed by atoms with Crippen LogP contribution >= 0.6 is 11.8 Å². The first kappa shape index (κ1) is 20.6. The highest BCUT2D eigenvalue weighted by Gasteiger charge is 2.15. The lowest BCUT2D eigenvalue weighted by molar-refractivity contribution is -0.125. The van der Waals surface area contributed by atoms with Crippen molar-refractivity contribution in [1.29, 1.82) is 0 Å². The quantitative estimate of drug-likeness (QED) is 0.701. The van der Waals surface area contributed by atoms with Gasteiger partial charge in [0.2, 0.25) is 5.91 Å². The van der Waals surface area contributed by atoms with Gasteiger partial charge in [0, 0.05) is 30.7 Å². The molecule has 0 fully saturated rings. The Bertz CT molecular complexity index is 808. The van der Waals surface area contributed by atoms with Gasteiger partial charge in [-0.05, 0) is 31.2 Å². The van der Waals surface area contributed by atoms with Gasteiger partial charge in [-0.1, -0.05) is 12.1 Å². The molecule has 0 radical (unpaired) electrons. The Kier molecular flexibility index (Phi) is 7.55. The summed E-state index contributed by atoms with van der Waals surface area (Å²) in [5.41, 5.74) is 1.12. The molecule has 2 aromatic carbocycles. The number of carbonyl (C=O) groups excluding carboxylic acids is 2. The summed E-state index contributed by atoms with van der Waals surface area (Å²) in [5, 5.41) is 2.87. The van der Waals surface area contributed by atoms with E-state index in [1.165, 1.54) is 16.7 Å². The maximum absolute atomic E-state index is 12.7. The summed E-state index contributed by atoms with van der Waals surface area (Å²) >= 11 is 1.34. The van der Waals surface area contributed by atoms with E-state index in [4.69, 9.17) is 9.47 Å². The van der Waals surface area contributed by atoms with Crippen molar-refractivity contribution in [2.45, 2.75) is 11.8 Å². The Morgan fingerprint density at radius 1 is 1.11 bits per heavy atom. The number of carbonyl (C=O) groups is 2. The Labute approximate surface area is 163 Å². The van der Waals surface area contributed by atoms with Crippen LogP contribution in [0.2, 0.25) is 0 Å². The lowest BCUT2D eigenvalue weighted by atomic mass is 10.2. The van der Waals surface area contributed by atoms with Crippen molar-refractivity contribution >= 4 is 29.3 Å². The summed E-state index contributed by atoms with van der Waals surface area (Å²) in [4.78, 5) is 26.8. The smallest absolute Gasteiger partial charge is 0.256 e. The Balaban J connectivity index is 2.15. The normalized spacial score (nSPS) is 10.2. The van der Waals surface area contributed by atoms with Crippen molar-refractivity contribution in [3.8, 4) is 11.5 Å². The number of rotatable bonds is 8. The van der Waals surface area contributed by atoms with Crippen molar-refractivity contribution in [3.05, 3.63) is 48.0 Å². The van der Waals surface area contributed by atoms with Crippen molar-refractivity contribution in [2.75, 3.05) is 38.9 Å². The van der Waals surface area contributed by atoms with Crippen molar-refractivity contribution in [2.24, 2.45) is 0 Å². The van der Waals surface area contributed by atoms with E-state index in [1.807, 2.05) is 19.1 Å². The molecule has 6 nitrogen and oxygen atoms in total. The number of methoxy groups -OCH3 is 1. The average Bonchev–Trinajstić information content (AvgIpc) is 2.67. The largest absolute Gasteiger partial charge is 0.493 e. The fraction of sp³-hybridized carbons (Fsp3) is 0.300. The summed E-state index contributed by atoms with van der Waals surface area (Å²) in [6.45, 7) is 2.42. The zero-order valence-corrected chi connectivity index (χ0v) is 16.8. The van der Waals surface area contributed by atoms with Gasteiger partial charge in [-0.15, -0.1) is 11.8 Å². The summed E-state index contributed by atoms with van der Waals surface area (Å²) in [7, 11) is 4.97. The molecule has 0 heterocycles. The van der Waals surface area contributed by atoms with Gasteiger partial charge in [0.05, 0.1) is 25.0 Å². The van der Waals surface area contributed by atoms with Crippen molar-refractivity contribution < 1.29 is 19.1 Å². The minimum atomic E-state index is -0.249. The van der Waals surface area contributed by atoms with E-state index in [9.17, 15) is 9.59 Å². The number of amides is 2. The van der Waals surface area contributed by atoms with E-state index in [-0.39, 0.29) is 17.6 Å². The third kappa shape index (κ3) is 5.65. The molecule has 0 saturated heterocycles. The highest BCUT2D eigenvalue weighted by molar-refractivity contribution is 8.00. The predicted molar refractivity (Wildman–Crippen MR) is 108 cm³/mol. The summed E-state index contributed by atoms with van der Waals surface area (Å²) in [6, 6.07) is 12.5. The molecule has 0 aliphatic carbocycles. The highest BCUT2D eigenvalue weighted by atomic mass is 32.2. The highest BCUT2D eigenvalue weighted by Crippen LogP contribution is 2.31. The van der Waals surface area contributed by atoms with E-state index in [0.717, 1.165) is 4.90 Å². The van der Waals surface area contributed by atoms with Crippen LogP contribution in [0.3, 0.4) is 0 Å². The molecule has 0 saturated carbocycles. The van der Waals surface area contributed by atoms with Gasteiger partial charge in [-0.3, -0.25) is 9.59 Å². The molecule has 2 amide bonds. The molecule has 0 spiro atoms. The van der Waals surface area contributed by atoms with Crippen LogP contribution in [0.5, 0.6) is 11.5 Å². The number of nitrogens with zero attached hydrogens (tertiary/aromatic N) is 1. The molecule has 1 N–H and O–H groups in total. The van der Waals surface area contributed by atoms with E-state index in [1.54, 1.807) is 51.5 Å². The minimum Gasteiger partial charge on any atom is -0.493 e. The van der Waals surface area contributed by atoms with Crippen molar-refractivity contribution in [3.63, 3.8) is 0 Å². The second-order valence-corrected chi connectivity index (χ2v) is 6.84. The minimum absolute atomic E-state index is 0.00791. The topological polar surface area (TPSA) is 67.9 Å². The van der Waals surface area contributed by atoms with Gasteiger partial charge in [-0.25, -0.2) is 0 Å². The van der Waals surface area contributed by atoms with Crippen LogP contribution in [0, 0.1) is 0 Å². The molecule has 2 aromatic rings. The van der Waals surface area contributed by atoms with Crippen LogP contribution in [0.15, 0.2) is 47.4 Å². The van der Waals surface area contributed by atoms with Crippen LogP contribution in [-0.4, -0.2) is 50.3 Å². The molecule has 0 aliphatic heterocycles. The lowest BCUT2D eigenvalue weighted by Gasteiger charge is -2.14. The first-order chi connectivity index (χ1) is 13.0. The molecule has 0 atom stereocenters. The van der Waals surface area contributed by atoms with Crippen LogP contribution in [0.4, 0.5) is 5.69 Å². The van der Waals surface area contributed by atoms with Crippen LogP contribution in [0.25, 0.3) is 0 Å². The molecule has 0 unspecified atom stereocenters.